The first-order valence-electron chi connectivity index (χ1n) is 8.64. The molecule has 0 unspecified atom stereocenters. The van der Waals surface area contributed by atoms with Gasteiger partial charge in [0.15, 0.2) is 0 Å². The van der Waals surface area contributed by atoms with Gasteiger partial charge in [0, 0.05) is 11.5 Å². The fourth-order valence-electron chi connectivity index (χ4n) is 4.60. The molecule has 4 nitrogen and oxygen atoms in total. The van der Waals surface area contributed by atoms with Gasteiger partial charge in [-0.25, -0.2) is 0 Å². The lowest BCUT2D eigenvalue weighted by Crippen LogP contribution is -2.58. The SMILES string of the molecule is O=C(NC12CCC(C(=O)O)(CC1)CC2)[C@H]1C[C@@H]1c1ccccc1. The maximum Gasteiger partial charge on any atom is 0.309 e. The summed E-state index contributed by atoms with van der Waals surface area (Å²) >= 11 is 0. The number of fused-ring (bicyclic) bond motifs is 3. The standard InChI is InChI=1S/C19H23NO3/c21-16(15-12-14(15)13-4-2-1-3-5-13)20-19-9-6-18(7-10-19,8-11-19)17(22)23/h1-5,14-15H,6-12H2,(H,20,21)(H,22,23)/t14-,15+,18?,19?/m1/s1. The third-order valence-electron chi connectivity index (χ3n) is 6.44. The van der Waals surface area contributed by atoms with Crippen LogP contribution in [0.4, 0.5) is 0 Å². The van der Waals surface area contributed by atoms with E-state index in [2.05, 4.69) is 17.4 Å². The van der Waals surface area contributed by atoms with Crippen LogP contribution in [0.2, 0.25) is 0 Å². The molecule has 0 radical (unpaired) electrons. The van der Waals surface area contributed by atoms with E-state index < -0.39 is 11.4 Å². The van der Waals surface area contributed by atoms with Crippen molar-refractivity contribution >= 4 is 11.9 Å². The van der Waals surface area contributed by atoms with Crippen LogP contribution in [0.1, 0.15) is 56.4 Å². The van der Waals surface area contributed by atoms with Crippen LogP contribution in [0.25, 0.3) is 0 Å². The molecule has 0 aromatic heterocycles. The number of hydrogen-bond donors (Lipinski definition) is 2. The summed E-state index contributed by atoms with van der Waals surface area (Å²) in [4.78, 5) is 24.1. The van der Waals surface area contributed by atoms with Crippen molar-refractivity contribution in [1.82, 2.24) is 5.32 Å². The summed E-state index contributed by atoms with van der Waals surface area (Å²) in [6, 6.07) is 10.2. The minimum absolute atomic E-state index is 0.0971. The van der Waals surface area contributed by atoms with Crippen molar-refractivity contribution in [3.63, 3.8) is 0 Å². The van der Waals surface area contributed by atoms with Crippen LogP contribution in [0.5, 0.6) is 0 Å². The molecule has 23 heavy (non-hydrogen) atoms. The minimum atomic E-state index is -0.650. The first-order chi connectivity index (χ1) is 11.0. The molecule has 0 heterocycles. The average Bonchev–Trinajstić information content (AvgIpc) is 3.38. The summed E-state index contributed by atoms with van der Waals surface area (Å²) in [5, 5.41) is 12.8. The van der Waals surface area contributed by atoms with E-state index >= 15 is 0 Å². The number of benzene rings is 1. The van der Waals surface area contributed by atoms with Gasteiger partial charge in [-0.3, -0.25) is 9.59 Å². The van der Waals surface area contributed by atoms with E-state index in [1.807, 2.05) is 18.2 Å². The highest BCUT2D eigenvalue weighted by atomic mass is 16.4. The molecule has 4 heteroatoms. The smallest absolute Gasteiger partial charge is 0.309 e. The van der Waals surface area contributed by atoms with E-state index in [1.54, 1.807) is 0 Å². The van der Waals surface area contributed by atoms with Crippen molar-refractivity contribution in [2.24, 2.45) is 11.3 Å². The lowest BCUT2D eigenvalue weighted by Gasteiger charge is -2.51. The number of carboxylic acid groups (broad SMARTS) is 1. The maximum atomic E-state index is 12.6. The first kappa shape index (κ1) is 14.7. The fourth-order valence-corrected chi connectivity index (χ4v) is 4.60. The molecule has 0 spiro atoms. The minimum Gasteiger partial charge on any atom is -0.481 e. The highest BCUT2D eigenvalue weighted by Gasteiger charge is 2.54. The second-order valence-electron chi connectivity index (χ2n) is 7.71. The van der Waals surface area contributed by atoms with Crippen molar-refractivity contribution in [3.05, 3.63) is 35.9 Å². The zero-order valence-electron chi connectivity index (χ0n) is 13.3. The van der Waals surface area contributed by atoms with Gasteiger partial charge >= 0.3 is 5.97 Å². The molecular weight excluding hydrogens is 290 g/mol. The molecule has 0 saturated heterocycles. The van der Waals surface area contributed by atoms with Gasteiger partial charge < -0.3 is 10.4 Å². The number of carbonyl (C=O) groups excluding carboxylic acids is 1. The summed E-state index contributed by atoms with van der Waals surface area (Å²) in [6.45, 7) is 0. The van der Waals surface area contributed by atoms with Gasteiger partial charge in [-0.2, -0.15) is 0 Å². The largest absolute Gasteiger partial charge is 0.481 e. The van der Waals surface area contributed by atoms with Gasteiger partial charge in [0.1, 0.15) is 0 Å². The second-order valence-corrected chi connectivity index (χ2v) is 7.71. The molecule has 2 bridgehead atoms. The van der Waals surface area contributed by atoms with Crippen LogP contribution in [-0.2, 0) is 9.59 Å². The molecule has 1 aromatic rings. The van der Waals surface area contributed by atoms with Gasteiger partial charge in [0.05, 0.1) is 5.41 Å². The highest BCUT2D eigenvalue weighted by molar-refractivity contribution is 5.84. The van der Waals surface area contributed by atoms with Crippen LogP contribution in [0, 0.1) is 11.3 Å². The van der Waals surface area contributed by atoms with Crippen LogP contribution in [0.3, 0.4) is 0 Å². The highest BCUT2D eigenvalue weighted by Crippen LogP contribution is 2.53. The molecule has 1 aromatic carbocycles. The Morgan fingerprint density at radius 1 is 1.00 bits per heavy atom. The first-order valence-corrected chi connectivity index (χ1v) is 8.64. The quantitative estimate of drug-likeness (QED) is 0.897. The topological polar surface area (TPSA) is 66.4 Å². The van der Waals surface area contributed by atoms with Crippen LogP contribution in [0.15, 0.2) is 30.3 Å². The number of amides is 1. The lowest BCUT2D eigenvalue weighted by atomic mass is 9.57. The van der Waals surface area contributed by atoms with E-state index in [-0.39, 0.29) is 17.4 Å². The van der Waals surface area contributed by atoms with E-state index in [9.17, 15) is 14.7 Å². The maximum absolute atomic E-state index is 12.6. The Kier molecular flexibility index (Phi) is 3.26. The van der Waals surface area contributed by atoms with Crippen molar-refractivity contribution in [2.75, 3.05) is 0 Å². The third-order valence-corrected chi connectivity index (χ3v) is 6.44. The molecule has 4 fully saturated rings. The summed E-state index contributed by atoms with van der Waals surface area (Å²) in [6.07, 6.45) is 5.49. The Hall–Kier alpha value is -1.84. The molecule has 0 aliphatic heterocycles. The Balaban J connectivity index is 1.39. The molecular formula is C19H23NO3. The number of hydrogen-bond acceptors (Lipinski definition) is 2. The van der Waals surface area contributed by atoms with Gasteiger partial charge in [-0.05, 0) is 56.4 Å². The number of rotatable bonds is 4. The van der Waals surface area contributed by atoms with E-state index in [4.69, 9.17) is 0 Å². The van der Waals surface area contributed by atoms with E-state index in [1.165, 1.54) is 5.56 Å². The van der Waals surface area contributed by atoms with E-state index in [0.29, 0.717) is 25.2 Å². The Labute approximate surface area is 136 Å². The van der Waals surface area contributed by atoms with Crippen LogP contribution in [-0.4, -0.2) is 22.5 Å². The molecule has 1 amide bonds. The molecule has 2 atom stereocenters. The number of carboxylic acids is 1. The normalized spacial score (nSPS) is 38.1. The van der Waals surface area contributed by atoms with Gasteiger partial charge in [-0.15, -0.1) is 0 Å². The van der Waals surface area contributed by atoms with Crippen molar-refractivity contribution in [3.8, 4) is 0 Å². The Morgan fingerprint density at radius 3 is 2.17 bits per heavy atom. The summed E-state index contributed by atoms with van der Waals surface area (Å²) in [5.41, 5.74) is 0.596. The monoisotopic (exact) mass is 313 g/mol. The fraction of sp³-hybridized carbons (Fsp3) is 0.579. The number of aliphatic carboxylic acids is 1. The molecule has 5 rings (SSSR count). The zero-order chi connectivity index (χ0) is 16.1. The summed E-state index contributed by atoms with van der Waals surface area (Å²) in [7, 11) is 0. The third kappa shape index (κ3) is 2.44. The lowest BCUT2D eigenvalue weighted by molar-refractivity contribution is -0.157. The van der Waals surface area contributed by atoms with Gasteiger partial charge in [0.25, 0.3) is 0 Å². The Morgan fingerprint density at radius 2 is 1.61 bits per heavy atom. The number of nitrogens with one attached hydrogen (secondary N) is 1. The average molecular weight is 313 g/mol. The molecule has 122 valence electrons. The molecule has 4 aliphatic rings. The van der Waals surface area contributed by atoms with Crippen molar-refractivity contribution in [2.45, 2.75) is 56.4 Å². The number of carbonyl (C=O) groups is 2. The van der Waals surface area contributed by atoms with Gasteiger partial charge in [-0.1, -0.05) is 30.3 Å². The molecule has 4 saturated carbocycles. The summed E-state index contributed by atoms with van der Waals surface area (Å²) < 4.78 is 0. The summed E-state index contributed by atoms with van der Waals surface area (Å²) in [5.74, 6) is -0.0233. The zero-order valence-corrected chi connectivity index (χ0v) is 13.3. The second kappa shape index (κ2) is 5.08. The van der Waals surface area contributed by atoms with Crippen molar-refractivity contribution in [1.29, 1.82) is 0 Å². The van der Waals surface area contributed by atoms with Crippen molar-refractivity contribution < 1.29 is 14.7 Å². The predicted octanol–water partition coefficient (Wildman–Crippen LogP) is 3.08. The van der Waals surface area contributed by atoms with E-state index in [0.717, 1.165) is 25.7 Å². The van der Waals surface area contributed by atoms with Gasteiger partial charge in [0.2, 0.25) is 5.91 Å². The molecule has 4 aliphatic carbocycles. The van der Waals surface area contributed by atoms with Crippen LogP contribution < -0.4 is 5.32 Å². The Bertz CT molecular complexity index is 615. The van der Waals surface area contributed by atoms with Crippen LogP contribution >= 0.6 is 0 Å². The molecule has 2 N–H and O–H groups in total. The predicted molar refractivity (Wildman–Crippen MR) is 85.9 cm³/mol.